The highest BCUT2D eigenvalue weighted by Gasteiger charge is 2.23. The number of nitrogens with one attached hydrogen (secondary N) is 4. The third-order valence-corrected chi connectivity index (χ3v) is 6.20. The summed E-state index contributed by atoms with van der Waals surface area (Å²) in [7, 11) is 0. The molecule has 1 unspecified atom stereocenters. The number of aliphatic hydroxyl groups excluding tert-OH is 1. The van der Waals surface area contributed by atoms with Gasteiger partial charge in [0, 0.05) is 29.1 Å². The van der Waals surface area contributed by atoms with Gasteiger partial charge in [0.2, 0.25) is 5.91 Å². The van der Waals surface area contributed by atoms with E-state index >= 15 is 0 Å². The zero-order chi connectivity index (χ0) is 25.5. The van der Waals surface area contributed by atoms with E-state index in [2.05, 4.69) is 26.3 Å². The SMILES string of the molecule is Cc1cc(Cl)cc([C@H](CC(=O)O)NC(=O)CNC(=O)c2cscc2CNC2=NCC(O)CN2)c1O. The molecule has 13 heteroatoms. The number of hydrogen-bond donors (Lipinski definition) is 7. The number of carbonyl (C=O) groups is 3. The van der Waals surface area contributed by atoms with Crippen molar-refractivity contribution in [3.05, 3.63) is 50.2 Å². The third-order valence-electron chi connectivity index (χ3n) is 5.19. The number of hydrogen-bond acceptors (Lipinski definition) is 9. The minimum atomic E-state index is -1.18. The quantitative estimate of drug-likeness (QED) is 0.254. The number of nitrogens with zero attached hydrogens (tertiary/aromatic N) is 1. The summed E-state index contributed by atoms with van der Waals surface area (Å²) in [5.74, 6) is -1.92. The largest absolute Gasteiger partial charge is 0.507 e. The molecule has 2 atom stereocenters. The fourth-order valence-electron chi connectivity index (χ4n) is 3.43. The van der Waals surface area contributed by atoms with Crippen LogP contribution >= 0.6 is 22.9 Å². The Labute approximate surface area is 210 Å². The summed E-state index contributed by atoms with van der Waals surface area (Å²) in [4.78, 5) is 40.7. The van der Waals surface area contributed by atoms with Gasteiger partial charge in [0.1, 0.15) is 5.75 Å². The van der Waals surface area contributed by atoms with E-state index in [1.54, 1.807) is 17.7 Å². The highest BCUT2D eigenvalue weighted by Crippen LogP contribution is 2.32. The number of benzene rings is 1. The number of aryl methyl sites for hydroxylation is 1. The average Bonchev–Trinajstić information content (AvgIpc) is 3.27. The number of carboxylic acid groups (broad SMARTS) is 1. The molecule has 1 aromatic heterocycles. The maximum absolute atomic E-state index is 12.7. The Balaban J connectivity index is 1.59. The lowest BCUT2D eigenvalue weighted by molar-refractivity contribution is -0.137. The third kappa shape index (κ3) is 7.31. The first-order valence-corrected chi connectivity index (χ1v) is 12.0. The Kier molecular flexibility index (Phi) is 8.90. The fourth-order valence-corrected chi connectivity index (χ4v) is 4.55. The number of β-amino-alcohol motifs (C(OH)–C–C–N with tert-alkyl or cyclic N) is 1. The van der Waals surface area contributed by atoms with E-state index in [4.69, 9.17) is 11.6 Å². The second kappa shape index (κ2) is 11.9. The number of amides is 2. The number of thiophene rings is 1. The van der Waals surface area contributed by atoms with Crippen LogP contribution in [0.4, 0.5) is 0 Å². The number of aliphatic carboxylic acids is 1. The van der Waals surface area contributed by atoms with Crippen LogP contribution in [0.1, 0.15) is 39.5 Å². The molecular formula is C22H26ClN5O6S. The first-order chi connectivity index (χ1) is 16.6. The molecule has 2 heterocycles. The van der Waals surface area contributed by atoms with Gasteiger partial charge in [0.15, 0.2) is 5.96 Å². The molecule has 188 valence electrons. The van der Waals surface area contributed by atoms with Crippen molar-refractivity contribution >= 4 is 46.7 Å². The van der Waals surface area contributed by atoms with Crippen molar-refractivity contribution in [2.24, 2.45) is 4.99 Å². The maximum atomic E-state index is 12.7. The average molecular weight is 524 g/mol. The molecule has 2 amide bonds. The first kappa shape index (κ1) is 26.3. The lowest BCUT2D eigenvalue weighted by atomic mass is 10.00. The molecule has 1 aromatic carbocycles. The molecule has 35 heavy (non-hydrogen) atoms. The van der Waals surface area contributed by atoms with E-state index in [9.17, 15) is 29.7 Å². The van der Waals surface area contributed by atoms with Crippen LogP contribution in [0.3, 0.4) is 0 Å². The molecule has 0 radical (unpaired) electrons. The van der Waals surface area contributed by atoms with Crippen molar-refractivity contribution in [3.8, 4) is 5.75 Å². The van der Waals surface area contributed by atoms with Crippen LogP contribution in [0.5, 0.6) is 5.75 Å². The zero-order valence-corrected chi connectivity index (χ0v) is 20.4. The lowest BCUT2D eigenvalue weighted by Crippen LogP contribution is -2.45. The smallest absolute Gasteiger partial charge is 0.305 e. The van der Waals surface area contributed by atoms with E-state index in [1.165, 1.54) is 23.5 Å². The van der Waals surface area contributed by atoms with Gasteiger partial charge in [-0.2, -0.15) is 11.3 Å². The first-order valence-electron chi connectivity index (χ1n) is 10.7. The second-order valence-electron chi connectivity index (χ2n) is 7.95. The molecule has 7 N–H and O–H groups in total. The molecule has 1 aliphatic rings. The Morgan fingerprint density at radius 1 is 1.31 bits per heavy atom. The van der Waals surface area contributed by atoms with E-state index in [0.29, 0.717) is 35.7 Å². The van der Waals surface area contributed by atoms with Crippen LogP contribution in [0.25, 0.3) is 0 Å². The minimum absolute atomic E-state index is 0.160. The number of phenolic OH excluding ortho intramolecular Hbond substituents is 1. The molecule has 0 bridgehead atoms. The van der Waals surface area contributed by atoms with Crippen molar-refractivity contribution in [2.45, 2.75) is 32.0 Å². The Morgan fingerprint density at radius 3 is 2.77 bits per heavy atom. The van der Waals surface area contributed by atoms with E-state index in [0.717, 1.165) is 0 Å². The molecule has 1 aliphatic heterocycles. The van der Waals surface area contributed by atoms with Gasteiger partial charge in [-0.3, -0.25) is 19.4 Å². The standard InChI is InChI=1S/C22H26ClN5O6S/c1-11-2-13(23)3-15(20(11)33)17(4-19(31)32)28-18(30)8-24-21(34)16-10-35-9-12(16)5-25-22-26-6-14(29)7-27-22/h2-3,9-10,14,17,29,33H,4-8H2,1H3,(H,24,34)(H,28,30)(H,31,32)(H2,25,26,27)/t17-/m0/s1. The molecule has 0 aliphatic carbocycles. The fraction of sp³-hybridized carbons (Fsp3) is 0.364. The van der Waals surface area contributed by atoms with Gasteiger partial charge in [-0.05, 0) is 35.6 Å². The highest BCUT2D eigenvalue weighted by atomic mass is 35.5. The lowest BCUT2D eigenvalue weighted by Gasteiger charge is -2.20. The summed E-state index contributed by atoms with van der Waals surface area (Å²) in [6.07, 6.45) is -1.02. The van der Waals surface area contributed by atoms with E-state index in [1.807, 2.05) is 0 Å². The van der Waals surface area contributed by atoms with Gasteiger partial charge in [-0.25, -0.2) is 0 Å². The number of halogens is 1. The van der Waals surface area contributed by atoms with Gasteiger partial charge < -0.3 is 36.6 Å². The van der Waals surface area contributed by atoms with Crippen molar-refractivity contribution in [2.75, 3.05) is 19.6 Å². The number of aromatic hydroxyl groups is 1. The number of aliphatic imine (C=N–C) groups is 1. The maximum Gasteiger partial charge on any atom is 0.305 e. The van der Waals surface area contributed by atoms with Crippen LogP contribution in [-0.4, -0.2) is 64.8 Å². The number of carboxylic acids is 1. The minimum Gasteiger partial charge on any atom is -0.507 e. The molecule has 0 saturated carbocycles. The summed E-state index contributed by atoms with van der Waals surface area (Å²) in [5, 5.41) is 43.9. The molecule has 2 aromatic rings. The van der Waals surface area contributed by atoms with Crippen molar-refractivity contribution in [1.82, 2.24) is 21.3 Å². The van der Waals surface area contributed by atoms with Gasteiger partial charge >= 0.3 is 5.97 Å². The number of phenols is 1. The number of aliphatic hydroxyl groups is 1. The predicted molar refractivity (Wildman–Crippen MR) is 131 cm³/mol. The van der Waals surface area contributed by atoms with Crippen LogP contribution in [-0.2, 0) is 16.1 Å². The molecule has 3 rings (SSSR count). The summed E-state index contributed by atoms with van der Waals surface area (Å²) in [5.41, 5.74) is 1.70. The zero-order valence-electron chi connectivity index (χ0n) is 18.8. The van der Waals surface area contributed by atoms with Gasteiger partial charge in [-0.15, -0.1) is 0 Å². The van der Waals surface area contributed by atoms with E-state index < -0.39 is 42.9 Å². The summed E-state index contributed by atoms with van der Waals surface area (Å²) < 4.78 is 0. The van der Waals surface area contributed by atoms with Gasteiger partial charge in [0.25, 0.3) is 5.91 Å². The monoisotopic (exact) mass is 523 g/mol. The molecule has 0 spiro atoms. The number of guanidine groups is 1. The van der Waals surface area contributed by atoms with Gasteiger partial charge in [0.05, 0.1) is 37.2 Å². The van der Waals surface area contributed by atoms with Crippen LogP contribution < -0.4 is 21.3 Å². The second-order valence-corrected chi connectivity index (χ2v) is 9.13. The normalized spacial score (nSPS) is 16.0. The summed E-state index contributed by atoms with van der Waals surface area (Å²) in [6, 6.07) is 1.87. The summed E-state index contributed by atoms with van der Waals surface area (Å²) >= 11 is 7.37. The van der Waals surface area contributed by atoms with Crippen LogP contribution in [0.15, 0.2) is 27.9 Å². The Hall–Kier alpha value is -3.35. The Bertz CT molecular complexity index is 1140. The predicted octanol–water partition coefficient (Wildman–Crippen LogP) is 0.887. The molecular weight excluding hydrogens is 498 g/mol. The number of carbonyl (C=O) groups excluding carboxylic acids is 2. The molecule has 11 nitrogen and oxygen atoms in total. The van der Waals surface area contributed by atoms with Gasteiger partial charge in [-0.1, -0.05) is 11.6 Å². The summed E-state index contributed by atoms with van der Waals surface area (Å²) in [6.45, 7) is 2.20. The van der Waals surface area contributed by atoms with E-state index in [-0.39, 0.29) is 22.9 Å². The van der Waals surface area contributed by atoms with Crippen molar-refractivity contribution < 1.29 is 29.7 Å². The topological polar surface area (TPSA) is 172 Å². The molecule has 0 fully saturated rings. The highest BCUT2D eigenvalue weighted by molar-refractivity contribution is 7.08. The van der Waals surface area contributed by atoms with Crippen LogP contribution in [0, 0.1) is 6.92 Å². The van der Waals surface area contributed by atoms with Crippen molar-refractivity contribution in [3.63, 3.8) is 0 Å². The van der Waals surface area contributed by atoms with Crippen LogP contribution in [0.2, 0.25) is 5.02 Å². The van der Waals surface area contributed by atoms with Crippen molar-refractivity contribution in [1.29, 1.82) is 0 Å². The molecule has 0 saturated heterocycles. The number of rotatable bonds is 9. The Morgan fingerprint density at radius 2 is 2.09 bits per heavy atom.